The largest absolute Gasteiger partial charge is 0.396 e. The van der Waals surface area contributed by atoms with Crippen LogP contribution in [0.1, 0.15) is 19.8 Å². The molecule has 1 heterocycles. The molecule has 2 rings (SSSR count). The Kier molecular flexibility index (Phi) is 4.47. The highest BCUT2D eigenvalue weighted by Crippen LogP contribution is 2.11. The standard InChI is InChI=1S/C14H19N3O/c1-11(10-18)5-4-8-15-14-9-16-12-6-2-3-7-13(12)17-14/h2-3,6-7,9,11,18H,4-5,8,10H2,1H3,(H,15,17). The number of nitrogens with one attached hydrogen (secondary N) is 1. The Balaban J connectivity index is 1.88. The first-order valence-corrected chi connectivity index (χ1v) is 6.36. The van der Waals surface area contributed by atoms with Gasteiger partial charge >= 0.3 is 0 Å². The molecule has 1 unspecified atom stereocenters. The van der Waals surface area contributed by atoms with Crippen LogP contribution in [0.15, 0.2) is 30.5 Å². The van der Waals surface area contributed by atoms with Gasteiger partial charge in [0.05, 0.1) is 17.2 Å². The third kappa shape index (κ3) is 3.40. The van der Waals surface area contributed by atoms with Crippen LogP contribution < -0.4 is 5.32 Å². The Bertz CT molecular complexity index is 501. The zero-order valence-electron chi connectivity index (χ0n) is 10.6. The summed E-state index contributed by atoms with van der Waals surface area (Å²) in [6.07, 6.45) is 3.80. The van der Waals surface area contributed by atoms with Gasteiger partial charge in [-0.2, -0.15) is 0 Å². The quantitative estimate of drug-likeness (QED) is 0.767. The van der Waals surface area contributed by atoms with Gasteiger partial charge in [0.2, 0.25) is 0 Å². The lowest BCUT2D eigenvalue weighted by Gasteiger charge is -2.09. The lowest BCUT2D eigenvalue weighted by Crippen LogP contribution is -2.07. The van der Waals surface area contributed by atoms with Crippen LogP contribution in [0.3, 0.4) is 0 Å². The van der Waals surface area contributed by atoms with Gasteiger partial charge < -0.3 is 10.4 Å². The molecule has 0 fully saturated rings. The second-order valence-electron chi connectivity index (χ2n) is 4.60. The topological polar surface area (TPSA) is 58.0 Å². The Morgan fingerprint density at radius 1 is 1.28 bits per heavy atom. The number of anilines is 1. The van der Waals surface area contributed by atoms with E-state index in [1.165, 1.54) is 0 Å². The number of para-hydroxylation sites is 2. The van der Waals surface area contributed by atoms with E-state index in [-0.39, 0.29) is 6.61 Å². The summed E-state index contributed by atoms with van der Waals surface area (Å²) in [6.45, 7) is 3.17. The number of benzene rings is 1. The van der Waals surface area contributed by atoms with E-state index >= 15 is 0 Å². The first-order valence-electron chi connectivity index (χ1n) is 6.36. The summed E-state index contributed by atoms with van der Waals surface area (Å²) in [5.41, 5.74) is 1.82. The normalized spacial score (nSPS) is 12.6. The molecule has 0 aliphatic heterocycles. The van der Waals surface area contributed by atoms with Crippen LogP contribution in [0, 0.1) is 5.92 Å². The third-order valence-electron chi connectivity index (χ3n) is 2.94. The fourth-order valence-electron chi connectivity index (χ4n) is 1.80. The molecule has 4 nitrogen and oxygen atoms in total. The van der Waals surface area contributed by atoms with Gasteiger partial charge in [0.1, 0.15) is 5.82 Å². The Morgan fingerprint density at radius 2 is 2.06 bits per heavy atom. The van der Waals surface area contributed by atoms with Crippen LogP contribution in [0.2, 0.25) is 0 Å². The molecule has 1 aromatic heterocycles. The van der Waals surface area contributed by atoms with Crippen LogP contribution in [-0.2, 0) is 0 Å². The van der Waals surface area contributed by atoms with Crippen molar-refractivity contribution in [2.75, 3.05) is 18.5 Å². The van der Waals surface area contributed by atoms with Crippen molar-refractivity contribution < 1.29 is 5.11 Å². The van der Waals surface area contributed by atoms with Crippen LogP contribution in [-0.4, -0.2) is 28.2 Å². The predicted octanol–water partition coefficient (Wildman–Crippen LogP) is 2.45. The number of aromatic nitrogens is 2. The molecule has 0 saturated carbocycles. The molecule has 0 saturated heterocycles. The van der Waals surface area contributed by atoms with E-state index < -0.39 is 0 Å². The van der Waals surface area contributed by atoms with Gasteiger partial charge in [0.15, 0.2) is 0 Å². The predicted molar refractivity (Wildman–Crippen MR) is 73.5 cm³/mol. The van der Waals surface area contributed by atoms with E-state index in [0.29, 0.717) is 5.92 Å². The van der Waals surface area contributed by atoms with Crippen molar-refractivity contribution >= 4 is 16.9 Å². The molecular weight excluding hydrogens is 226 g/mol. The second kappa shape index (κ2) is 6.31. The maximum atomic E-state index is 8.93. The van der Waals surface area contributed by atoms with E-state index in [9.17, 15) is 0 Å². The Hall–Kier alpha value is -1.68. The lowest BCUT2D eigenvalue weighted by molar-refractivity contribution is 0.229. The molecule has 0 aliphatic carbocycles. The van der Waals surface area contributed by atoms with Gasteiger partial charge in [-0.15, -0.1) is 0 Å². The molecule has 0 radical (unpaired) electrons. The van der Waals surface area contributed by atoms with Crippen molar-refractivity contribution in [3.05, 3.63) is 30.5 Å². The van der Waals surface area contributed by atoms with Crippen LogP contribution >= 0.6 is 0 Å². The van der Waals surface area contributed by atoms with Gasteiger partial charge in [-0.25, -0.2) is 4.98 Å². The average molecular weight is 245 g/mol. The zero-order valence-corrected chi connectivity index (χ0v) is 10.6. The number of hydrogen-bond acceptors (Lipinski definition) is 4. The Labute approximate surface area is 107 Å². The minimum atomic E-state index is 0.260. The minimum absolute atomic E-state index is 0.260. The minimum Gasteiger partial charge on any atom is -0.396 e. The number of fused-ring (bicyclic) bond motifs is 1. The monoisotopic (exact) mass is 245 g/mol. The van der Waals surface area contributed by atoms with Crippen molar-refractivity contribution in [1.29, 1.82) is 0 Å². The van der Waals surface area contributed by atoms with Gasteiger partial charge in [0.25, 0.3) is 0 Å². The number of aliphatic hydroxyl groups excluding tert-OH is 1. The molecule has 4 heteroatoms. The molecule has 2 aromatic rings. The van der Waals surface area contributed by atoms with Crippen LogP contribution in [0.25, 0.3) is 11.0 Å². The summed E-state index contributed by atoms with van der Waals surface area (Å²) >= 11 is 0. The van der Waals surface area contributed by atoms with Crippen molar-refractivity contribution in [1.82, 2.24) is 9.97 Å². The van der Waals surface area contributed by atoms with Crippen LogP contribution in [0.5, 0.6) is 0 Å². The molecule has 0 amide bonds. The summed E-state index contributed by atoms with van der Waals surface area (Å²) in [6, 6.07) is 7.83. The molecule has 96 valence electrons. The second-order valence-corrected chi connectivity index (χ2v) is 4.60. The Morgan fingerprint density at radius 3 is 2.83 bits per heavy atom. The van der Waals surface area contributed by atoms with Crippen molar-refractivity contribution in [2.45, 2.75) is 19.8 Å². The molecule has 1 aromatic carbocycles. The first kappa shape index (κ1) is 12.8. The van der Waals surface area contributed by atoms with E-state index in [4.69, 9.17) is 5.11 Å². The fourth-order valence-corrected chi connectivity index (χ4v) is 1.80. The van der Waals surface area contributed by atoms with Gasteiger partial charge in [-0.1, -0.05) is 19.1 Å². The highest BCUT2D eigenvalue weighted by molar-refractivity contribution is 5.75. The number of hydrogen-bond donors (Lipinski definition) is 2. The summed E-state index contributed by atoms with van der Waals surface area (Å²) in [7, 11) is 0. The maximum absolute atomic E-state index is 8.93. The van der Waals surface area contributed by atoms with Crippen molar-refractivity contribution in [3.8, 4) is 0 Å². The SMILES string of the molecule is CC(CO)CCCNc1cnc2ccccc2n1. The van der Waals surface area contributed by atoms with E-state index in [0.717, 1.165) is 36.2 Å². The van der Waals surface area contributed by atoms with Gasteiger partial charge in [-0.05, 0) is 30.9 Å². The molecule has 1 atom stereocenters. The summed E-state index contributed by atoms with van der Waals surface area (Å²) in [5.74, 6) is 1.18. The molecular formula is C14H19N3O. The van der Waals surface area contributed by atoms with Crippen LogP contribution in [0.4, 0.5) is 5.82 Å². The third-order valence-corrected chi connectivity index (χ3v) is 2.94. The number of nitrogens with zero attached hydrogens (tertiary/aromatic N) is 2. The molecule has 0 spiro atoms. The first-order chi connectivity index (χ1) is 8.79. The maximum Gasteiger partial charge on any atom is 0.145 e. The van der Waals surface area contributed by atoms with Crippen molar-refractivity contribution in [3.63, 3.8) is 0 Å². The molecule has 2 N–H and O–H groups in total. The van der Waals surface area contributed by atoms with E-state index in [2.05, 4.69) is 22.2 Å². The van der Waals surface area contributed by atoms with Crippen molar-refractivity contribution in [2.24, 2.45) is 5.92 Å². The van der Waals surface area contributed by atoms with E-state index in [1.807, 2.05) is 24.3 Å². The van der Waals surface area contributed by atoms with Gasteiger partial charge in [-0.3, -0.25) is 4.98 Å². The summed E-state index contributed by atoms with van der Waals surface area (Å²) in [5, 5.41) is 12.2. The molecule has 0 bridgehead atoms. The summed E-state index contributed by atoms with van der Waals surface area (Å²) in [4.78, 5) is 8.84. The number of rotatable bonds is 6. The smallest absolute Gasteiger partial charge is 0.145 e. The summed E-state index contributed by atoms with van der Waals surface area (Å²) < 4.78 is 0. The lowest BCUT2D eigenvalue weighted by atomic mass is 10.1. The van der Waals surface area contributed by atoms with E-state index in [1.54, 1.807) is 6.20 Å². The zero-order chi connectivity index (χ0) is 12.8. The molecule has 0 aliphatic rings. The fraction of sp³-hybridized carbons (Fsp3) is 0.429. The average Bonchev–Trinajstić information content (AvgIpc) is 2.43. The highest BCUT2D eigenvalue weighted by atomic mass is 16.3. The van der Waals surface area contributed by atoms with Gasteiger partial charge in [0, 0.05) is 13.2 Å². The molecule has 18 heavy (non-hydrogen) atoms. The number of aliphatic hydroxyl groups is 1. The highest BCUT2D eigenvalue weighted by Gasteiger charge is 2.01.